The van der Waals surface area contributed by atoms with Crippen LogP contribution >= 0.6 is 0 Å². The van der Waals surface area contributed by atoms with Gasteiger partial charge >= 0.3 is 6.18 Å². The number of halogens is 5. The molecule has 1 unspecified atom stereocenters. The largest absolute Gasteiger partial charge is 0.406 e. The number of amides is 1. The highest BCUT2D eigenvalue weighted by Gasteiger charge is 2.46. The maximum absolute atomic E-state index is 13.1. The monoisotopic (exact) mass is 392 g/mol. The number of aromatic nitrogens is 2. The minimum atomic E-state index is -4.46. The fourth-order valence-corrected chi connectivity index (χ4v) is 3.91. The highest BCUT2D eigenvalue weighted by Crippen LogP contribution is 2.39. The molecule has 0 bridgehead atoms. The SMILES string of the molecule is Cc1cc(C(F)F)nc(C2(NC3CCN(CC(F)(F)F)C3=O)CCCC2)n1. The van der Waals surface area contributed by atoms with E-state index in [1.165, 1.54) is 6.07 Å². The van der Waals surface area contributed by atoms with Crippen molar-refractivity contribution in [3.05, 3.63) is 23.3 Å². The van der Waals surface area contributed by atoms with Crippen LogP contribution in [-0.4, -0.2) is 46.1 Å². The molecular formula is C17H21F5N4O. The molecule has 1 amide bonds. The molecular weight excluding hydrogens is 371 g/mol. The first-order valence-corrected chi connectivity index (χ1v) is 8.87. The first-order chi connectivity index (χ1) is 12.6. The minimum absolute atomic E-state index is 0.00302. The second kappa shape index (κ2) is 7.29. The number of nitrogens with zero attached hydrogens (tertiary/aromatic N) is 3. The zero-order valence-corrected chi connectivity index (χ0v) is 14.8. The van der Waals surface area contributed by atoms with Gasteiger partial charge in [0.2, 0.25) is 5.91 Å². The molecule has 10 heteroatoms. The van der Waals surface area contributed by atoms with E-state index in [4.69, 9.17) is 0 Å². The number of hydrogen-bond acceptors (Lipinski definition) is 4. The van der Waals surface area contributed by atoms with Gasteiger partial charge in [0, 0.05) is 12.2 Å². The molecule has 3 rings (SSSR count). The predicted molar refractivity (Wildman–Crippen MR) is 86.0 cm³/mol. The highest BCUT2D eigenvalue weighted by atomic mass is 19.4. The summed E-state index contributed by atoms with van der Waals surface area (Å²) >= 11 is 0. The van der Waals surface area contributed by atoms with Crippen LogP contribution in [0.2, 0.25) is 0 Å². The van der Waals surface area contributed by atoms with Gasteiger partial charge in [0.1, 0.15) is 18.1 Å². The Hall–Kier alpha value is -1.84. The predicted octanol–water partition coefficient (Wildman–Crippen LogP) is 3.24. The second-order valence-electron chi connectivity index (χ2n) is 7.21. The Morgan fingerprint density at radius 1 is 1.30 bits per heavy atom. The molecule has 1 aromatic heterocycles. The summed E-state index contributed by atoms with van der Waals surface area (Å²) in [7, 11) is 0. The normalized spacial score (nSPS) is 22.9. The summed E-state index contributed by atoms with van der Waals surface area (Å²) < 4.78 is 64.1. The maximum atomic E-state index is 13.1. The Morgan fingerprint density at radius 3 is 2.56 bits per heavy atom. The average Bonchev–Trinajstić information content (AvgIpc) is 3.16. The van der Waals surface area contributed by atoms with Crippen molar-refractivity contribution in [1.82, 2.24) is 20.2 Å². The van der Waals surface area contributed by atoms with E-state index in [0.29, 0.717) is 18.5 Å². The van der Waals surface area contributed by atoms with E-state index in [2.05, 4.69) is 15.3 Å². The van der Waals surface area contributed by atoms with Crippen molar-refractivity contribution in [1.29, 1.82) is 0 Å². The van der Waals surface area contributed by atoms with Crippen LogP contribution in [0.15, 0.2) is 6.07 Å². The van der Waals surface area contributed by atoms with Gasteiger partial charge in [-0.15, -0.1) is 0 Å². The molecule has 1 aliphatic heterocycles. The fourth-order valence-electron chi connectivity index (χ4n) is 3.91. The van der Waals surface area contributed by atoms with E-state index in [9.17, 15) is 26.7 Å². The van der Waals surface area contributed by atoms with Crippen molar-refractivity contribution in [3.63, 3.8) is 0 Å². The number of nitrogens with one attached hydrogen (secondary N) is 1. The third-order valence-corrected chi connectivity index (χ3v) is 5.10. The highest BCUT2D eigenvalue weighted by molar-refractivity contribution is 5.84. The molecule has 27 heavy (non-hydrogen) atoms. The summed E-state index contributed by atoms with van der Waals surface area (Å²) in [4.78, 5) is 21.5. The van der Waals surface area contributed by atoms with Crippen LogP contribution in [0.1, 0.15) is 55.7 Å². The summed E-state index contributed by atoms with van der Waals surface area (Å²) in [5.74, 6) is -0.433. The molecule has 2 fully saturated rings. The van der Waals surface area contributed by atoms with Crippen molar-refractivity contribution < 1.29 is 26.7 Å². The number of rotatable bonds is 5. The Morgan fingerprint density at radius 2 is 1.96 bits per heavy atom. The third kappa shape index (κ3) is 4.36. The van der Waals surface area contributed by atoms with Crippen LogP contribution in [0.3, 0.4) is 0 Å². The van der Waals surface area contributed by atoms with E-state index in [1.54, 1.807) is 6.92 Å². The lowest BCUT2D eigenvalue weighted by molar-refractivity contribution is -0.158. The van der Waals surface area contributed by atoms with Crippen LogP contribution < -0.4 is 5.32 Å². The lowest BCUT2D eigenvalue weighted by Crippen LogP contribution is -2.51. The molecule has 0 radical (unpaired) electrons. The maximum Gasteiger partial charge on any atom is 0.406 e. The fraction of sp³-hybridized carbons (Fsp3) is 0.706. The summed E-state index contributed by atoms with van der Waals surface area (Å²) in [5, 5.41) is 3.14. The van der Waals surface area contributed by atoms with E-state index in [0.717, 1.165) is 17.7 Å². The van der Waals surface area contributed by atoms with Crippen molar-refractivity contribution in [2.24, 2.45) is 0 Å². The van der Waals surface area contributed by atoms with Crippen LogP contribution in [0.25, 0.3) is 0 Å². The van der Waals surface area contributed by atoms with Crippen molar-refractivity contribution in [2.75, 3.05) is 13.1 Å². The van der Waals surface area contributed by atoms with Gasteiger partial charge in [-0.05, 0) is 32.3 Å². The zero-order valence-electron chi connectivity index (χ0n) is 14.8. The van der Waals surface area contributed by atoms with Crippen molar-refractivity contribution >= 4 is 5.91 Å². The molecule has 2 aliphatic rings. The number of aryl methyl sites for hydroxylation is 1. The number of hydrogen-bond donors (Lipinski definition) is 1. The Bertz CT molecular complexity index is 703. The first kappa shape index (κ1) is 19.9. The molecule has 1 saturated carbocycles. The summed E-state index contributed by atoms with van der Waals surface area (Å²) in [6.07, 6.45) is -4.31. The molecule has 0 spiro atoms. The smallest absolute Gasteiger partial charge is 0.332 e. The van der Waals surface area contributed by atoms with Gasteiger partial charge in [-0.3, -0.25) is 10.1 Å². The Balaban J connectivity index is 1.84. The number of carbonyl (C=O) groups is 1. The van der Waals surface area contributed by atoms with Gasteiger partial charge in [-0.25, -0.2) is 18.7 Å². The minimum Gasteiger partial charge on any atom is -0.332 e. The van der Waals surface area contributed by atoms with Crippen LogP contribution in [-0.2, 0) is 10.3 Å². The molecule has 2 heterocycles. The molecule has 0 aromatic carbocycles. The van der Waals surface area contributed by atoms with Gasteiger partial charge in [0.15, 0.2) is 0 Å². The van der Waals surface area contributed by atoms with Gasteiger partial charge in [-0.2, -0.15) is 13.2 Å². The van der Waals surface area contributed by atoms with Crippen LogP contribution in [0, 0.1) is 6.92 Å². The van der Waals surface area contributed by atoms with Gasteiger partial charge in [-0.1, -0.05) is 12.8 Å². The van der Waals surface area contributed by atoms with E-state index in [-0.39, 0.29) is 24.5 Å². The number of carbonyl (C=O) groups excluding carboxylic acids is 1. The zero-order chi connectivity index (χ0) is 19.8. The first-order valence-electron chi connectivity index (χ1n) is 8.87. The molecule has 1 aromatic rings. The van der Waals surface area contributed by atoms with Gasteiger partial charge in [0.05, 0.1) is 11.6 Å². The Labute approximate surface area is 153 Å². The van der Waals surface area contributed by atoms with E-state index < -0.39 is 36.6 Å². The quantitative estimate of drug-likeness (QED) is 0.782. The molecule has 5 nitrogen and oxygen atoms in total. The number of alkyl halides is 5. The topological polar surface area (TPSA) is 58.1 Å². The summed E-state index contributed by atoms with van der Waals surface area (Å²) in [6, 6.07) is 0.410. The lowest BCUT2D eigenvalue weighted by atomic mass is 9.94. The van der Waals surface area contributed by atoms with Gasteiger partial charge in [0.25, 0.3) is 6.43 Å². The standard InChI is InChI=1S/C17H21F5N4O/c1-10-8-12(13(18)19)24-15(23-10)16(5-2-3-6-16)25-11-4-7-26(14(11)27)9-17(20,21)22/h8,11,13,25H,2-7,9H2,1H3. The van der Waals surface area contributed by atoms with Crippen LogP contribution in [0.4, 0.5) is 22.0 Å². The van der Waals surface area contributed by atoms with Crippen LogP contribution in [0.5, 0.6) is 0 Å². The summed E-state index contributed by atoms with van der Waals surface area (Å²) in [6.45, 7) is 0.308. The number of likely N-dealkylation sites (tertiary alicyclic amines) is 1. The van der Waals surface area contributed by atoms with Gasteiger partial charge < -0.3 is 4.90 Å². The van der Waals surface area contributed by atoms with Crippen molar-refractivity contribution in [3.8, 4) is 0 Å². The Kier molecular flexibility index (Phi) is 5.38. The molecule has 1 N–H and O–H groups in total. The lowest BCUT2D eigenvalue weighted by Gasteiger charge is -2.32. The summed E-state index contributed by atoms with van der Waals surface area (Å²) in [5.41, 5.74) is -0.869. The van der Waals surface area contributed by atoms with E-state index in [1.807, 2.05) is 0 Å². The van der Waals surface area contributed by atoms with Crippen molar-refractivity contribution in [2.45, 2.75) is 63.2 Å². The molecule has 1 aliphatic carbocycles. The third-order valence-electron chi connectivity index (χ3n) is 5.10. The molecule has 1 atom stereocenters. The average molecular weight is 392 g/mol. The van der Waals surface area contributed by atoms with E-state index >= 15 is 0 Å². The molecule has 1 saturated heterocycles. The molecule has 150 valence electrons. The second-order valence-corrected chi connectivity index (χ2v) is 7.21.